The van der Waals surface area contributed by atoms with Gasteiger partial charge in [-0.05, 0) is 55.0 Å². The minimum Gasteiger partial charge on any atom is -0.399 e. The highest BCUT2D eigenvalue weighted by Gasteiger charge is 2.02. The molecule has 0 unspecified atom stereocenters. The fourth-order valence-corrected chi connectivity index (χ4v) is 1.92. The fourth-order valence-electron chi connectivity index (χ4n) is 1.92. The summed E-state index contributed by atoms with van der Waals surface area (Å²) < 4.78 is 12.7. The van der Waals surface area contributed by atoms with Gasteiger partial charge in [0.05, 0.1) is 0 Å². The van der Waals surface area contributed by atoms with Crippen LogP contribution in [0.25, 0.3) is 0 Å². The van der Waals surface area contributed by atoms with E-state index in [1.807, 2.05) is 0 Å². The number of benzene rings is 1. The van der Waals surface area contributed by atoms with Crippen molar-refractivity contribution in [2.75, 3.05) is 5.73 Å². The van der Waals surface area contributed by atoms with Gasteiger partial charge in [0.2, 0.25) is 0 Å². The first-order valence-corrected chi connectivity index (χ1v) is 8.12. The molecule has 140 valence electrons. The lowest BCUT2D eigenvalue weighted by molar-refractivity contribution is 0.585. The molecule has 0 heterocycles. The summed E-state index contributed by atoms with van der Waals surface area (Å²) in [6, 6.07) is 6.88. The first kappa shape index (κ1) is 21.5. The fraction of sp³-hybridized carbons (Fsp3) is 0.0952. The van der Waals surface area contributed by atoms with Crippen molar-refractivity contribution < 1.29 is 4.39 Å². The second-order valence-electron chi connectivity index (χ2n) is 5.56. The van der Waals surface area contributed by atoms with Gasteiger partial charge in [-0.3, -0.25) is 11.3 Å². The number of allylic oxidation sites excluding steroid dienone is 7. The van der Waals surface area contributed by atoms with Gasteiger partial charge >= 0.3 is 0 Å². The summed E-state index contributed by atoms with van der Waals surface area (Å²) in [5.74, 6) is 11.0. The van der Waals surface area contributed by atoms with Crippen molar-refractivity contribution in [2.45, 2.75) is 12.8 Å². The van der Waals surface area contributed by atoms with E-state index in [0.29, 0.717) is 35.4 Å². The van der Waals surface area contributed by atoms with Crippen LogP contribution in [-0.4, -0.2) is 5.84 Å². The van der Waals surface area contributed by atoms with Crippen LogP contribution < -0.4 is 22.7 Å². The summed E-state index contributed by atoms with van der Waals surface area (Å²) in [6.45, 7) is 7.36. The van der Waals surface area contributed by atoms with Gasteiger partial charge < -0.3 is 16.9 Å². The van der Waals surface area contributed by atoms with E-state index < -0.39 is 0 Å². The second kappa shape index (κ2) is 11.1. The Hall–Kier alpha value is -3.56. The van der Waals surface area contributed by atoms with Crippen molar-refractivity contribution in [3.8, 4) is 11.8 Å². The van der Waals surface area contributed by atoms with E-state index in [4.69, 9.17) is 22.7 Å². The molecule has 0 bridgehead atoms. The van der Waals surface area contributed by atoms with Crippen LogP contribution in [0.15, 0.2) is 84.4 Å². The quantitative estimate of drug-likeness (QED) is 0.107. The first-order chi connectivity index (χ1) is 12.8. The zero-order valence-electron chi connectivity index (χ0n) is 15.1. The number of hydrogen-bond acceptors (Lipinski definition) is 4. The highest BCUT2D eigenvalue weighted by molar-refractivity contribution is 5.95. The molecule has 1 aromatic rings. The number of hydrogen-bond donors (Lipinski definition) is 5. The maximum Gasteiger partial charge on any atom is 0.122 e. The second-order valence-corrected chi connectivity index (χ2v) is 5.56. The first-order valence-electron chi connectivity index (χ1n) is 8.12. The molecule has 0 atom stereocenters. The molecule has 1 aliphatic rings. The number of nitrogens with two attached hydrogens (primary N) is 3. The lowest BCUT2D eigenvalue weighted by Crippen LogP contribution is -2.19. The van der Waals surface area contributed by atoms with E-state index >= 15 is 0 Å². The Balaban J connectivity index is 0.000000309. The van der Waals surface area contributed by atoms with E-state index in [-0.39, 0.29) is 11.7 Å². The molecule has 0 saturated carbocycles. The lowest BCUT2D eigenvalue weighted by atomic mass is 10.0. The largest absolute Gasteiger partial charge is 0.399 e. The van der Waals surface area contributed by atoms with Gasteiger partial charge in [-0.2, -0.15) is 0 Å². The number of rotatable bonds is 4. The van der Waals surface area contributed by atoms with E-state index in [0.717, 1.165) is 5.57 Å². The molecule has 0 aliphatic heterocycles. The molecule has 0 spiro atoms. The van der Waals surface area contributed by atoms with E-state index in [1.165, 1.54) is 6.08 Å². The van der Waals surface area contributed by atoms with Crippen molar-refractivity contribution in [3.63, 3.8) is 0 Å². The van der Waals surface area contributed by atoms with Crippen LogP contribution in [0.2, 0.25) is 0 Å². The predicted molar refractivity (Wildman–Crippen MR) is 111 cm³/mol. The third-order valence-electron chi connectivity index (χ3n) is 3.42. The Bertz CT molecular complexity index is 849. The van der Waals surface area contributed by atoms with Crippen molar-refractivity contribution in [1.29, 1.82) is 5.41 Å². The molecule has 8 N–H and O–H groups in total. The van der Waals surface area contributed by atoms with Crippen LogP contribution in [-0.2, 0) is 0 Å². The smallest absolute Gasteiger partial charge is 0.122 e. The monoisotopic (exact) mass is 365 g/mol. The van der Waals surface area contributed by atoms with E-state index in [2.05, 4.69) is 30.4 Å². The van der Waals surface area contributed by atoms with Crippen LogP contribution >= 0.6 is 0 Å². The number of nitrogen functional groups attached to an aromatic ring is 2. The van der Waals surface area contributed by atoms with E-state index in [1.54, 1.807) is 42.5 Å². The summed E-state index contributed by atoms with van der Waals surface area (Å²) in [5.41, 5.74) is 16.6. The summed E-state index contributed by atoms with van der Waals surface area (Å²) in [5, 5.41) is 7.04. The van der Waals surface area contributed by atoms with Gasteiger partial charge in [-0.15, -0.1) is 0 Å². The van der Waals surface area contributed by atoms with Gasteiger partial charge in [0.1, 0.15) is 11.7 Å². The van der Waals surface area contributed by atoms with Gasteiger partial charge in [-0.1, -0.05) is 25.0 Å². The number of hydrazine groups is 1. The van der Waals surface area contributed by atoms with Crippen LogP contribution in [0.5, 0.6) is 0 Å². The summed E-state index contributed by atoms with van der Waals surface area (Å²) >= 11 is 0. The third kappa shape index (κ3) is 8.38. The molecule has 5 nitrogen and oxygen atoms in total. The average molecular weight is 365 g/mol. The van der Waals surface area contributed by atoms with Crippen molar-refractivity contribution in [1.82, 2.24) is 5.43 Å². The topological polar surface area (TPSA) is 114 Å². The van der Waals surface area contributed by atoms with Gasteiger partial charge in [0.15, 0.2) is 0 Å². The SMILES string of the molecule is C=C/C(=C\C(=C)C#CC1=CC=C(F)CC1)NN.N=C(N)c1ccc(N)cc1. The van der Waals surface area contributed by atoms with Crippen molar-refractivity contribution in [2.24, 2.45) is 11.6 Å². The molecule has 0 amide bonds. The Labute approximate surface area is 159 Å². The van der Waals surface area contributed by atoms with Gasteiger partial charge in [0.25, 0.3) is 0 Å². The summed E-state index contributed by atoms with van der Waals surface area (Å²) in [7, 11) is 0. The molecule has 0 fully saturated rings. The predicted octanol–water partition coefficient (Wildman–Crippen LogP) is 3.21. The molecular formula is C21H24FN5. The number of halogens is 1. The highest BCUT2D eigenvalue weighted by Crippen LogP contribution is 2.18. The maximum absolute atomic E-state index is 12.7. The molecule has 0 aromatic heterocycles. The molecule has 1 aliphatic carbocycles. The molecule has 0 radical (unpaired) electrons. The Morgan fingerprint density at radius 3 is 2.37 bits per heavy atom. The molecule has 1 aromatic carbocycles. The minimum atomic E-state index is -0.101. The molecular weight excluding hydrogens is 341 g/mol. The van der Waals surface area contributed by atoms with Gasteiger partial charge in [-0.25, -0.2) is 4.39 Å². The summed E-state index contributed by atoms with van der Waals surface area (Å²) in [6.07, 6.45) is 7.46. The van der Waals surface area contributed by atoms with Crippen LogP contribution in [0.1, 0.15) is 18.4 Å². The molecule has 0 saturated heterocycles. The standard InChI is InChI=1S/C14H15FN2.C7H9N3/c1-3-14(17-16)10-11(2)4-5-12-6-8-13(15)9-7-12;8-6-3-1-5(2-4-6)7(9)10/h3,6,8,10,17H,1-2,7,9,16H2;1-4H,8H2,(H3,9,10)/b14-10+;. The van der Waals surface area contributed by atoms with Crippen molar-refractivity contribution >= 4 is 11.5 Å². The lowest BCUT2D eigenvalue weighted by Gasteiger charge is -2.03. The number of amidine groups is 1. The zero-order valence-corrected chi connectivity index (χ0v) is 15.1. The number of nitrogens with one attached hydrogen (secondary N) is 2. The molecule has 2 rings (SSSR count). The van der Waals surface area contributed by atoms with Crippen LogP contribution in [0.4, 0.5) is 10.1 Å². The van der Waals surface area contributed by atoms with Crippen LogP contribution in [0, 0.1) is 17.3 Å². The average Bonchev–Trinajstić information content (AvgIpc) is 2.66. The number of anilines is 1. The van der Waals surface area contributed by atoms with Crippen LogP contribution in [0.3, 0.4) is 0 Å². The molecule has 27 heavy (non-hydrogen) atoms. The maximum atomic E-state index is 12.7. The summed E-state index contributed by atoms with van der Waals surface area (Å²) in [4.78, 5) is 0. The Kier molecular flexibility index (Phi) is 8.86. The highest BCUT2D eigenvalue weighted by atomic mass is 19.1. The van der Waals surface area contributed by atoms with Gasteiger partial charge in [0, 0.05) is 34.5 Å². The Morgan fingerprint density at radius 2 is 1.89 bits per heavy atom. The zero-order chi connectivity index (χ0) is 20.2. The molecule has 6 heteroatoms. The Morgan fingerprint density at radius 1 is 1.22 bits per heavy atom. The van der Waals surface area contributed by atoms with Crippen molar-refractivity contribution in [3.05, 3.63) is 90.0 Å². The normalized spacial score (nSPS) is 12.9. The third-order valence-corrected chi connectivity index (χ3v) is 3.42. The van der Waals surface area contributed by atoms with E-state index in [9.17, 15) is 4.39 Å². The minimum absolute atomic E-state index is 0.0694.